The van der Waals surface area contributed by atoms with Gasteiger partial charge in [0, 0.05) is 33.1 Å². The number of amides is 2. The molecular formula is C20H23ClN4O2. The van der Waals surface area contributed by atoms with E-state index in [4.69, 9.17) is 11.6 Å². The second kappa shape index (κ2) is 7.96. The molecule has 0 radical (unpaired) electrons. The molecule has 142 valence electrons. The van der Waals surface area contributed by atoms with Gasteiger partial charge in [-0.2, -0.15) is 0 Å². The summed E-state index contributed by atoms with van der Waals surface area (Å²) in [6.45, 7) is 8.36. The summed E-state index contributed by atoms with van der Waals surface area (Å²) >= 11 is 6.26. The highest BCUT2D eigenvalue weighted by Gasteiger charge is 2.19. The van der Waals surface area contributed by atoms with E-state index in [1.54, 1.807) is 19.2 Å². The van der Waals surface area contributed by atoms with E-state index in [0.717, 1.165) is 29.9 Å². The number of halogens is 1. The monoisotopic (exact) mass is 386 g/mol. The Hall–Kier alpha value is -2.60. The predicted octanol–water partition coefficient (Wildman–Crippen LogP) is 3.27. The summed E-state index contributed by atoms with van der Waals surface area (Å²) in [7, 11) is 0. The summed E-state index contributed by atoms with van der Waals surface area (Å²) in [5.74, 6) is -0.193. The number of nitrogens with one attached hydrogen (secondary N) is 1. The Kier molecular flexibility index (Phi) is 5.65. The van der Waals surface area contributed by atoms with Crippen LogP contribution in [0, 0.1) is 13.8 Å². The largest absolute Gasteiger partial charge is 0.367 e. The van der Waals surface area contributed by atoms with Gasteiger partial charge in [-0.05, 0) is 43.2 Å². The summed E-state index contributed by atoms with van der Waals surface area (Å²) in [6, 6.07) is 7.38. The Labute approximate surface area is 164 Å². The van der Waals surface area contributed by atoms with Gasteiger partial charge in [0.2, 0.25) is 5.91 Å². The zero-order chi connectivity index (χ0) is 19.6. The van der Waals surface area contributed by atoms with E-state index in [1.165, 1.54) is 0 Å². The van der Waals surface area contributed by atoms with Crippen molar-refractivity contribution in [3.05, 3.63) is 52.3 Å². The van der Waals surface area contributed by atoms with Gasteiger partial charge in [-0.3, -0.25) is 9.59 Å². The molecule has 0 aliphatic carbocycles. The van der Waals surface area contributed by atoms with E-state index in [9.17, 15) is 9.59 Å². The van der Waals surface area contributed by atoms with Crippen LogP contribution >= 0.6 is 11.6 Å². The molecule has 0 unspecified atom stereocenters. The Bertz CT molecular complexity index is 836. The molecule has 6 nitrogen and oxygen atoms in total. The average Bonchev–Trinajstić information content (AvgIpc) is 2.64. The van der Waals surface area contributed by atoms with E-state index in [-0.39, 0.29) is 11.8 Å². The van der Waals surface area contributed by atoms with Crippen molar-refractivity contribution >= 4 is 34.8 Å². The molecule has 0 saturated carbocycles. The number of carbonyl (C=O) groups is 2. The van der Waals surface area contributed by atoms with E-state index in [1.807, 2.05) is 36.9 Å². The van der Waals surface area contributed by atoms with Crippen molar-refractivity contribution in [2.45, 2.75) is 20.8 Å². The Balaban J connectivity index is 1.67. The zero-order valence-corrected chi connectivity index (χ0v) is 16.5. The second-order valence-corrected chi connectivity index (χ2v) is 7.19. The van der Waals surface area contributed by atoms with Crippen LogP contribution in [0.5, 0.6) is 0 Å². The van der Waals surface area contributed by atoms with Crippen LogP contribution in [0.4, 0.5) is 11.4 Å². The third-order valence-corrected chi connectivity index (χ3v) is 5.04. The molecule has 1 aliphatic rings. The lowest BCUT2D eigenvalue weighted by atomic mass is 10.1. The summed E-state index contributed by atoms with van der Waals surface area (Å²) in [4.78, 5) is 32.2. The fourth-order valence-corrected chi connectivity index (χ4v) is 3.61. The molecule has 1 N–H and O–H groups in total. The lowest BCUT2D eigenvalue weighted by molar-refractivity contribution is -0.129. The molecule has 1 fully saturated rings. The first-order valence-corrected chi connectivity index (χ1v) is 9.27. The number of aryl methyl sites for hydroxylation is 2. The minimum Gasteiger partial charge on any atom is -0.367 e. The van der Waals surface area contributed by atoms with Crippen molar-refractivity contribution in [2.75, 3.05) is 36.4 Å². The van der Waals surface area contributed by atoms with Crippen LogP contribution in [0.25, 0.3) is 0 Å². The number of anilines is 2. The van der Waals surface area contributed by atoms with Gasteiger partial charge >= 0.3 is 0 Å². The Morgan fingerprint density at radius 1 is 1.11 bits per heavy atom. The molecule has 0 atom stereocenters. The molecule has 27 heavy (non-hydrogen) atoms. The van der Waals surface area contributed by atoms with E-state index in [2.05, 4.69) is 15.2 Å². The maximum absolute atomic E-state index is 12.5. The first kappa shape index (κ1) is 19.2. The first-order chi connectivity index (χ1) is 12.8. The number of hydrogen-bond donors (Lipinski definition) is 1. The van der Waals surface area contributed by atoms with Crippen LogP contribution in [0.15, 0.2) is 30.5 Å². The van der Waals surface area contributed by atoms with Crippen molar-refractivity contribution in [3.63, 3.8) is 0 Å². The highest BCUT2D eigenvalue weighted by molar-refractivity contribution is 6.34. The van der Waals surface area contributed by atoms with Crippen molar-refractivity contribution in [1.29, 1.82) is 0 Å². The van der Waals surface area contributed by atoms with Gasteiger partial charge in [-0.1, -0.05) is 17.7 Å². The highest BCUT2D eigenvalue weighted by atomic mass is 35.5. The molecular weight excluding hydrogens is 364 g/mol. The highest BCUT2D eigenvalue weighted by Crippen LogP contribution is 2.27. The summed E-state index contributed by atoms with van der Waals surface area (Å²) in [5, 5.41) is 3.36. The van der Waals surface area contributed by atoms with Crippen LogP contribution < -0.4 is 10.2 Å². The van der Waals surface area contributed by atoms with Gasteiger partial charge in [-0.15, -0.1) is 0 Å². The second-order valence-electron chi connectivity index (χ2n) is 6.79. The smallest absolute Gasteiger partial charge is 0.274 e. The van der Waals surface area contributed by atoms with Gasteiger partial charge in [-0.25, -0.2) is 4.98 Å². The van der Waals surface area contributed by atoms with Crippen LogP contribution in [0.2, 0.25) is 5.02 Å². The van der Waals surface area contributed by atoms with Crippen molar-refractivity contribution in [2.24, 2.45) is 0 Å². The number of aromatic nitrogens is 1. The maximum Gasteiger partial charge on any atom is 0.274 e. The third kappa shape index (κ3) is 4.39. The van der Waals surface area contributed by atoms with Crippen LogP contribution in [-0.2, 0) is 4.79 Å². The zero-order valence-electron chi connectivity index (χ0n) is 15.8. The predicted molar refractivity (Wildman–Crippen MR) is 108 cm³/mol. The maximum atomic E-state index is 12.5. The normalized spacial score (nSPS) is 14.2. The molecule has 0 bridgehead atoms. The number of benzene rings is 1. The number of carbonyl (C=O) groups excluding carboxylic acids is 2. The molecule has 1 saturated heterocycles. The molecule has 1 aromatic heterocycles. The number of rotatable bonds is 3. The molecule has 2 amide bonds. The van der Waals surface area contributed by atoms with Gasteiger partial charge in [0.15, 0.2) is 0 Å². The minimum absolute atomic E-state index is 0.102. The third-order valence-electron chi connectivity index (χ3n) is 4.74. The molecule has 2 aromatic rings. The Morgan fingerprint density at radius 3 is 2.37 bits per heavy atom. The van der Waals surface area contributed by atoms with Gasteiger partial charge < -0.3 is 15.1 Å². The standard InChI is InChI=1S/C20H23ClN4O2/c1-13-10-14(2)19(17(21)11-13)23-20(27)18-5-4-16(12-22-18)25-8-6-24(7-9-25)15(3)26/h4-5,10-12H,6-9H2,1-3H3,(H,23,27). The molecule has 0 spiro atoms. The van der Waals surface area contributed by atoms with Crippen LogP contribution in [0.3, 0.4) is 0 Å². The first-order valence-electron chi connectivity index (χ1n) is 8.90. The molecule has 1 aliphatic heterocycles. The molecule has 7 heteroatoms. The van der Waals surface area contributed by atoms with Crippen LogP contribution in [-0.4, -0.2) is 47.9 Å². The summed E-state index contributed by atoms with van der Waals surface area (Å²) in [6.07, 6.45) is 1.70. The summed E-state index contributed by atoms with van der Waals surface area (Å²) in [5.41, 5.74) is 3.84. The van der Waals surface area contributed by atoms with E-state index >= 15 is 0 Å². The van der Waals surface area contributed by atoms with Crippen LogP contribution in [0.1, 0.15) is 28.5 Å². The minimum atomic E-state index is -0.295. The van der Waals surface area contributed by atoms with Gasteiger partial charge in [0.25, 0.3) is 5.91 Å². The lowest BCUT2D eigenvalue weighted by Crippen LogP contribution is -2.48. The fraction of sp³-hybridized carbons (Fsp3) is 0.350. The van der Waals surface area contributed by atoms with E-state index < -0.39 is 0 Å². The van der Waals surface area contributed by atoms with Crippen molar-refractivity contribution in [1.82, 2.24) is 9.88 Å². The number of pyridine rings is 1. The molecule has 2 heterocycles. The number of piperazine rings is 1. The van der Waals surface area contributed by atoms with Crippen molar-refractivity contribution < 1.29 is 9.59 Å². The summed E-state index contributed by atoms with van der Waals surface area (Å²) < 4.78 is 0. The Morgan fingerprint density at radius 2 is 1.81 bits per heavy atom. The molecule has 1 aromatic carbocycles. The topological polar surface area (TPSA) is 65.5 Å². The van der Waals surface area contributed by atoms with Gasteiger partial charge in [0.05, 0.1) is 22.6 Å². The number of hydrogen-bond acceptors (Lipinski definition) is 4. The van der Waals surface area contributed by atoms with Crippen molar-refractivity contribution in [3.8, 4) is 0 Å². The number of nitrogens with zero attached hydrogens (tertiary/aromatic N) is 3. The quantitative estimate of drug-likeness (QED) is 0.879. The fourth-order valence-electron chi connectivity index (χ4n) is 3.24. The molecule has 3 rings (SSSR count). The SMILES string of the molecule is CC(=O)N1CCN(c2ccc(C(=O)Nc3c(C)cc(C)cc3Cl)nc2)CC1. The average molecular weight is 387 g/mol. The van der Waals surface area contributed by atoms with Gasteiger partial charge in [0.1, 0.15) is 5.69 Å². The lowest BCUT2D eigenvalue weighted by Gasteiger charge is -2.35. The van der Waals surface area contributed by atoms with E-state index in [0.29, 0.717) is 29.5 Å².